The van der Waals surface area contributed by atoms with Crippen LogP contribution < -0.4 is 4.72 Å². The lowest BCUT2D eigenvalue weighted by molar-refractivity contribution is 0.129. The first kappa shape index (κ1) is 15.1. The zero-order valence-corrected chi connectivity index (χ0v) is 11.2. The lowest BCUT2D eigenvalue weighted by Gasteiger charge is -2.15. The largest absolute Gasteiger partial charge is 0.391 e. The normalized spacial score (nSPS) is 13.8. The molecule has 18 heavy (non-hydrogen) atoms. The molecule has 1 unspecified atom stereocenters. The van der Waals surface area contributed by atoms with Gasteiger partial charge < -0.3 is 5.11 Å². The number of rotatable bonds is 6. The molecular weight excluding hydrogens is 257 g/mol. The summed E-state index contributed by atoms with van der Waals surface area (Å²) in [6, 6.07) is 5.28. The molecule has 0 amide bonds. The van der Waals surface area contributed by atoms with Gasteiger partial charge in [0.15, 0.2) is 0 Å². The van der Waals surface area contributed by atoms with E-state index >= 15 is 0 Å². The molecule has 0 heterocycles. The molecule has 0 radical (unpaired) electrons. The van der Waals surface area contributed by atoms with Crippen LogP contribution in [0.15, 0.2) is 24.3 Å². The fourth-order valence-corrected chi connectivity index (χ4v) is 2.46. The molecule has 4 nitrogen and oxygen atoms in total. The molecule has 1 atom stereocenters. The number of hydrogen-bond acceptors (Lipinski definition) is 3. The molecule has 0 saturated carbocycles. The van der Waals surface area contributed by atoms with Gasteiger partial charge in [0.2, 0.25) is 10.0 Å². The topological polar surface area (TPSA) is 66.4 Å². The summed E-state index contributed by atoms with van der Waals surface area (Å²) in [5, 5.41) is 9.52. The van der Waals surface area contributed by atoms with Crippen LogP contribution in [0.3, 0.4) is 0 Å². The second-order valence-electron chi connectivity index (χ2n) is 4.55. The number of nitrogens with one attached hydrogen (secondary N) is 1. The summed E-state index contributed by atoms with van der Waals surface area (Å²) in [5.41, 5.74) is 0.503. The fourth-order valence-electron chi connectivity index (χ4n) is 1.30. The van der Waals surface area contributed by atoms with Crippen molar-refractivity contribution in [2.24, 2.45) is 5.92 Å². The van der Waals surface area contributed by atoms with Crippen molar-refractivity contribution in [2.45, 2.75) is 25.7 Å². The van der Waals surface area contributed by atoms with Crippen LogP contribution in [-0.4, -0.2) is 26.2 Å². The third kappa shape index (κ3) is 5.12. The fraction of sp³-hybridized carbons (Fsp3) is 0.500. The van der Waals surface area contributed by atoms with Gasteiger partial charge in [-0.3, -0.25) is 0 Å². The minimum absolute atomic E-state index is 0.0127. The van der Waals surface area contributed by atoms with Gasteiger partial charge in [-0.1, -0.05) is 26.0 Å². The summed E-state index contributed by atoms with van der Waals surface area (Å²) in [5.74, 6) is -0.643. The first-order valence-electron chi connectivity index (χ1n) is 5.70. The molecular formula is C12H18FNO3S. The van der Waals surface area contributed by atoms with Crippen LogP contribution in [0.1, 0.15) is 19.4 Å². The summed E-state index contributed by atoms with van der Waals surface area (Å²) in [7, 11) is -3.51. The van der Waals surface area contributed by atoms with Gasteiger partial charge in [0.05, 0.1) is 11.9 Å². The molecule has 0 bridgehead atoms. The maximum absolute atomic E-state index is 12.7. The van der Waals surface area contributed by atoms with Gasteiger partial charge in [-0.05, 0) is 23.6 Å². The molecule has 0 aromatic heterocycles. The van der Waals surface area contributed by atoms with Crippen molar-refractivity contribution in [1.29, 1.82) is 0 Å². The van der Waals surface area contributed by atoms with Crippen molar-refractivity contribution >= 4 is 10.0 Å². The second-order valence-corrected chi connectivity index (χ2v) is 6.35. The van der Waals surface area contributed by atoms with Gasteiger partial charge in [-0.25, -0.2) is 17.5 Å². The molecule has 0 saturated heterocycles. The van der Waals surface area contributed by atoms with Crippen molar-refractivity contribution in [2.75, 3.05) is 6.54 Å². The second kappa shape index (κ2) is 6.26. The summed E-state index contributed by atoms with van der Waals surface area (Å²) in [4.78, 5) is 0. The number of sulfonamides is 1. The SMILES string of the molecule is CC(C)C(O)CNS(=O)(=O)Cc1ccc(F)cc1. The summed E-state index contributed by atoms with van der Waals surface area (Å²) >= 11 is 0. The van der Waals surface area contributed by atoms with E-state index < -0.39 is 21.9 Å². The van der Waals surface area contributed by atoms with E-state index in [9.17, 15) is 17.9 Å². The third-order valence-electron chi connectivity index (χ3n) is 2.55. The number of aliphatic hydroxyl groups excluding tert-OH is 1. The van der Waals surface area contributed by atoms with Crippen LogP contribution in [0.2, 0.25) is 0 Å². The molecule has 0 fully saturated rings. The number of benzene rings is 1. The van der Waals surface area contributed by atoms with E-state index in [4.69, 9.17) is 0 Å². The van der Waals surface area contributed by atoms with Gasteiger partial charge in [0.25, 0.3) is 0 Å². The Morgan fingerprint density at radius 3 is 2.33 bits per heavy atom. The average molecular weight is 275 g/mol. The Morgan fingerprint density at radius 1 is 1.28 bits per heavy atom. The van der Waals surface area contributed by atoms with Crippen LogP contribution in [0.25, 0.3) is 0 Å². The quantitative estimate of drug-likeness (QED) is 0.821. The minimum atomic E-state index is -3.51. The molecule has 102 valence electrons. The lowest BCUT2D eigenvalue weighted by Crippen LogP contribution is -2.35. The first-order chi connectivity index (χ1) is 8.30. The molecule has 2 N–H and O–H groups in total. The predicted octanol–water partition coefficient (Wildman–Crippen LogP) is 1.26. The smallest absolute Gasteiger partial charge is 0.215 e. The van der Waals surface area contributed by atoms with Crippen molar-refractivity contribution < 1.29 is 17.9 Å². The van der Waals surface area contributed by atoms with E-state index in [2.05, 4.69) is 4.72 Å². The monoisotopic (exact) mass is 275 g/mol. The van der Waals surface area contributed by atoms with E-state index in [0.717, 1.165) is 0 Å². The molecule has 0 aliphatic heterocycles. The number of halogens is 1. The van der Waals surface area contributed by atoms with Crippen molar-refractivity contribution in [3.8, 4) is 0 Å². The maximum Gasteiger partial charge on any atom is 0.215 e. The van der Waals surface area contributed by atoms with Crippen LogP contribution in [0.4, 0.5) is 4.39 Å². The first-order valence-corrected chi connectivity index (χ1v) is 7.35. The van der Waals surface area contributed by atoms with E-state index in [1.165, 1.54) is 24.3 Å². The van der Waals surface area contributed by atoms with Crippen molar-refractivity contribution in [3.05, 3.63) is 35.6 Å². The van der Waals surface area contributed by atoms with E-state index in [1.54, 1.807) is 13.8 Å². The summed E-state index contributed by atoms with van der Waals surface area (Å²) < 4.78 is 38.4. The van der Waals surface area contributed by atoms with E-state index in [0.29, 0.717) is 5.56 Å². The maximum atomic E-state index is 12.7. The van der Waals surface area contributed by atoms with Gasteiger partial charge >= 0.3 is 0 Å². The van der Waals surface area contributed by atoms with Crippen LogP contribution >= 0.6 is 0 Å². The number of hydrogen-bond donors (Lipinski definition) is 2. The Hall–Kier alpha value is -0.980. The predicted molar refractivity (Wildman–Crippen MR) is 67.9 cm³/mol. The molecule has 1 aromatic rings. The van der Waals surface area contributed by atoms with Gasteiger partial charge in [0, 0.05) is 6.54 Å². The Kier molecular flexibility index (Phi) is 5.25. The van der Waals surface area contributed by atoms with Gasteiger partial charge in [0.1, 0.15) is 5.82 Å². The van der Waals surface area contributed by atoms with Gasteiger partial charge in [-0.2, -0.15) is 0 Å². The highest BCUT2D eigenvalue weighted by Crippen LogP contribution is 2.07. The van der Waals surface area contributed by atoms with Gasteiger partial charge in [-0.15, -0.1) is 0 Å². The van der Waals surface area contributed by atoms with Crippen molar-refractivity contribution in [3.63, 3.8) is 0 Å². The highest BCUT2D eigenvalue weighted by atomic mass is 32.2. The molecule has 6 heteroatoms. The van der Waals surface area contributed by atoms with E-state index in [1.807, 2.05) is 0 Å². The highest BCUT2D eigenvalue weighted by Gasteiger charge is 2.15. The molecule has 0 spiro atoms. The zero-order valence-electron chi connectivity index (χ0n) is 10.4. The average Bonchev–Trinajstić information content (AvgIpc) is 2.29. The Bertz CT molecular complexity index is 471. The Morgan fingerprint density at radius 2 is 1.83 bits per heavy atom. The summed E-state index contributed by atoms with van der Waals surface area (Å²) in [6.07, 6.45) is -0.715. The standard InChI is InChI=1S/C12H18FNO3S/c1-9(2)12(15)7-14-18(16,17)8-10-3-5-11(13)6-4-10/h3-6,9,12,14-15H,7-8H2,1-2H3. The Balaban J connectivity index is 2.57. The zero-order chi connectivity index (χ0) is 13.8. The minimum Gasteiger partial charge on any atom is -0.391 e. The van der Waals surface area contributed by atoms with Crippen LogP contribution in [0.5, 0.6) is 0 Å². The van der Waals surface area contributed by atoms with Crippen LogP contribution in [-0.2, 0) is 15.8 Å². The van der Waals surface area contributed by atoms with Crippen molar-refractivity contribution in [1.82, 2.24) is 4.72 Å². The lowest BCUT2D eigenvalue weighted by atomic mass is 10.1. The Labute approximate surface area is 107 Å². The van der Waals surface area contributed by atoms with E-state index in [-0.39, 0.29) is 18.2 Å². The summed E-state index contributed by atoms with van der Waals surface area (Å²) in [6.45, 7) is 3.60. The molecule has 0 aliphatic carbocycles. The molecule has 0 aliphatic rings. The molecule has 1 aromatic carbocycles. The van der Waals surface area contributed by atoms with Crippen LogP contribution in [0, 0.1) is 11.7 Å². The number of aliphatic hydroxyl groups is 1. The highest BCUT2D eigenvalue weighted by molar-refractivity contribution is 7.88. The molecule has 1 rings (SSSR count). The third-order valence-corrected chi connectivity index (χ3v) is 3.87.